The standard InChI is InChI=1S/C15H12Cl3N5/c1-7(10-5-4-9(16)6-11(10)17)23-14-13(21-22-23)12(8-2-3-8)19-15(18)20-14/h4-8H,2-3H2,1H3/t7-/m1/s1. The van der Waals surface area contributed by atoms with Crippen LogP contribution in [-0.2, 0) is 0 Å². The lowest BCUT2D eigenvalue weighted by Crippen LogP contribution is -2.10. The van der Waals surface area contributed by atoms with Gasteiger partial charge in [0.15, 0.2) is 11.2 Å². The van der Waals surface area contributed by atoms with Gasteiger partial charge in [0, 0.05) is 16.0 Å². The van der Waals surface area contributed by atoms with Crippen LogP contribution in [0.5, 0.6) is 0 Å². The van der Waals surface area contributed by atoms with Crippen LogP contribution < -0.4 is 0 Å². The van der Waals surface area contributed by atoms with Crippen LogP contribution in [0.1, 0.15) is 43.0 Å². The van der Waals surface area contributed by atoms with Crippen LogP contribution in [0.4, 0.5) is 0 Å². The van der Waals surface area contributed by atoms with Crippen molar-refractivity contribution >= 4 is 46.0 Å². The molecule has 23 heavy (non-hydrogen) atoms. The van der Waals surface area contributed by atoms with Crippen LogP contribution in [0.15, 0.2) is 18.2 Å². The van der Waals surface area contributed by atoms with Gasteiger partial charge in [-0.15, -0.1) is 5.10 Å². The molecular formula is C15H12Cl3N5. The molecule has 2 heterocycles. The summed E-state index contributed by atoms with van der Waals surface area (Å²) in [7, 11) is 0. The SMILES string of the molecule is C[C@H](c1ccc(Cl)cc1Cl)n1nnc2c(C3CC3)nc(Cl)nc21. The average Bonchev–Trinajstić information content (AvgIpc) is 3.26. The van der Waals surface area contributed by atoms with E-state index in [-0.39, 0.29) is 11.3 Å². The van der Waals surface area contributed by atoms with E-state index in [1.54, 1.807) is 16.8 Å². The van der Waals surface area contributed by atoms with Gasteiger partial charge < -0.3 is 0 Å². The zero-order valence-electron chi connectivity index (χ0n) is 12.2. The number of benzene rings is 1. The zero-order chi connectivity index (χ0) is 16.1. The van der Waals surface area contributed by atoms with Crippen LogP contribution in [-0.4, -0.2) is 25.0 Å². The van der Waals surface area contributed by atoms with E-state index in [0.29, 0.717) is 27.1 Å². The molecular weight excluding hydrogens is 357 g/mol. The van der Waals surface area contributed by atoms with Crippen molar-refractivity contribution < 1.29 is 0 Å². The highest BCUT2D eigenvalue weighted by Crippen LogP contribution is 2.42. The fraction of sp³-hybridized carbons (Fsp3) is 0.333. The van der Waals surface area contributed by atoms with Gasteiger partial charge in [-0.2, -0.15) is 4.98 Å². The highest BCUT2D eigenvalue weighted by atomic mass is 35.5. The number of nitrogens with zero attached hydrogens (tertiary/aromatic N) is 5. The summed E-state index contributed by atoms with van der Waals surface area (Å²) in [4.78, 5) is 8.66. The van der Waals surface area contributed by atoms with Crippen LogP contribution >= 0.6 is 34.8 Å². The lowest BCUT2D eigenvalue weighted by Gasteiger charge is -2.14. The van der Waals surface area contributed by atoms with E-state index >= 15 is 0 Å². The average molecular weight is 369 g/mol. The van der Waals surface area contributed by atoms with Gasteiger partial charge in [0.05, 0.1) is 11.7 Å². The number of halogens is 3. The Morgan fingerprint density at radius 3 is 2.65 bits per heavy atom. The molecule has 0 N–H and O–H groups in total. The Hall–Kier alpha value is -1.43. The Morgan fingerprint density at radius 1 is 1.17 bits per heavy atom. The molecule has 0 spiro atoms. The molecule has 0 amide bonds. The first-order chi connectivity index (χ1) is 11.0. The summed E-state index contributed by atoms with van der Waals surface area (Å²) in [5.41, 5.74) is 3.13. The molecule has 2 aromatic heterocycles. The van der Waals surface area contributed by atoms with E-state index in [2.05, 4.69) is 20.3 Å². The number of fused-ring (bicyclic) bond motifs is 1. The number of rotatable bonds is 3. The molecule has 3 aromatic rings. The second kappa shape index (κ2) is 5.58. The van der Waals surface area contributed by atoms with E-state index in [4.69, 9.17) is 34.8 Å². The molecule has 8 heteroatoms. The Bertz CT molecular complexity index is 904. The normalized spacial score (nSPS) is 16.0. The summed E-state index contributed by atoms with van der Waals surface area (Å²) in [6.45, 7) is 1.98. The molecule has 1 aromatic carbocycles. The lowest BCUT2D eigenvalue weighted by molar-refractivity contribution is 0.556. The molecule has 118 valence electrons. The predicted octanol–water partition coefficient (Wildman–Crippen LogP) is 4.67. The zero-order valence-corrected chi connectivity index (χ0v) is 14.4. The fourth-order valence-electron chi connectivity index (χ4n) is 2.70. The molecule has 1 saturated carbocycles. The molecule has 0 saturated heterocycles. The number of aromatic nitrogens is 5. The monoisotopic (exact) mass is 367 g/mol. The summed E-state index contributed by atoms with van der Waals surface area (Å²) >= 11 is 18.4. The maximum atomic E-state index is 6.31. The summed E-state index contributed by atoms with van der Waals surface area (Å²) in [6.07, 6.45) is 2.21. The van der Waals surface area contributed by atoms with Crippen LogP contribution in [0, 0.1) is 0 Å². The smallest absolute Gasteiger partial charge is 0.220 e. The van der Waals surface area contributed by atoms with E-state index < -0.39 is 0 Å². The van der Waals surface area contributed by atoms with Crippen molar-refractivity contribution in [1.82, 2.24) is 25.0 Å². The fourth-order valence-corrected chi connectivity index (χ4v) is 3.44. The highest BCUT2D eigenvalue weighted by Gasteiger charge is 2.30. The number of hydrogen-bond acceptors (Lipinski definition) is 4. The minimum absolute atomic E-state index is 0.150. The largest absolute Gasteiger partial charge is 0.224 e. The van der Waals surface area contributed by atoms with Crippen LogP contribution in [0.2, 0.25) is 15.3 Å². The van der Waals surface area contributed by atoms with Crippen molar-refractivity contribution in [3.8, 4) is 0 Å². The Morgan fingerprint density at radius 2 is 1.96 bits per heavy atom. The summed E-state index contributed by atoms with van der Waals surface area (Å²) in [6, 6.07) is 5.25. The van der Waals surface area contributed by atoms with Gasteiger partial charge in [0.1, 0.15) is 0 Å². The Labute approximate surface area is 147 Å². The lowest BCUT2D eigenvalue weighted by atomic mass is 10.1. The minimum Gasteiger partial charge on any atom is -0.220 e. The first kappa shape index (κ1) is 15.1. The molecule has 1 aliphatic carbocycles. The first-order valence-electron chi connectivity index (χ1n) is 7.28. The van der Waals surface area contributed by atoms with Crippen molar-refractivity contribution in [3.63, 3.8) is 0 Å². The third-order valence-corrected chi connectivity index (χ3v) is 4.80. The van der Waals surface area contributed by atoms with Crippen LogP contribution in [0.25, 0.3) is 11.2 Å². The third-order valence-electron chi connectivity index (χ3n) is 4.07. The maximum absolute atomic E-state index is 6.31. The number of hydrogen-bond donors (Lipinski definition) is 0. The molecule has 0 bridgehead atoms. The molecule has 1 aliphatic rings. The molecule has 0 aliphatic heterocycles. The van der Waals surface area contributed by atoms with Crippen molar-refractivity contribution in [1.29, 1.82) is 0 Å². The van der Waals surface area contributed by atoms with Gasteiger partial charge in [-0.25, -0.2) is 9.67 Å². The second-order valence-electron chi connectivity index (χ2n) is 5.70. The van der Waals surface area contributed by atoms with Gasteiger partial charge in [0.25, 0.3) is 0 Å². The van der Waals surface area contributed by atoms with E-state index in [0.717, 1.165) is 24.1 Å². The van der Waals surface area contributed by atoms with E-state index in [9.17, 15) is 0 Å². The molecule has 0 unspecified atom stereocenters. The first-order valence-corrected chi connectivity index (χ1v) is 8.41. The van der Waals surface area contributed by atoms with Gasteiger partial charge in [-0.05, 0) is 49.1 Å². The highest BCUT2D eigenvalue weighted by molar-refractivity contribution is 6.35. The Kier molecular flexibility index (Phi) is 3.67. The van der Waals surface area contributed by atoms with Crippen LogP contribution in [0.3, 0.4) is 0 Å². The Balaban J connectivity index is 1.85. The van der Waals surface area contributed by atoms with Crippen molar-refractivity contribution in [2.24, 2.45) is 0 Å². The van der Waals surface area contributed by atoms with Crippen molar-refractivity contribution in [3.05, 3.63) is 44.8 Å². The predicted molar refractivity (Wildman–Crippen MR) is 90.4 cm³/mol. The second-order valence-corrected chi connectivity index (χ2v) is 6.88. The summed E-state index contributed by atoms with van der Waals surface area (Å²) in [5, 5.41) is 9.93. The quantitative estimate of drug-likeness (QED) is 0.630. The molecule has 4 rings (SSSR count). The van der Waals surface area contributed by atoms with Gasteiger partial charge in [-0.3, -0.25) is 0 Å². The van der Waals surface area contributed by atoms with Gasteiger partial charge in [-0.1, -0.05) is 34.5 Å². The van der Waals surface area contributed by atoms with E-state index in [1.807, 2.05) is 13.0 Å². The van der Waals surface area contributed by atoms with E-state index in [1.165, 1.54) is 0 Å². The summed E-state index contributed by atoms with van der Waals surface area (Å²) in [5.74, 6) is 0.414. The molecule has 5 nitrogen and oxygen atoms in total. The summed E-state index contributed by atoms with van der Waals surface area (Å²) < 4.78 is 1.73. The molecule has 1 atom stereocenters. The minimum atomic E-state index is -0.150. The molecule has 1 fully saturated rings. The van der Waals surface area contributed by atoms with Crippen molar-refractivity contribution in [2.45, 2.75) is 31.7 Å². The topological polar surface area (TPSA) is 56.5 Å². The third kappa shape index (κ3) is 2.67. The maximum Gasteiger partial charge on any atom is 0.224 e. The van der Waals surface area contributed by atoms with Crippen molar-refractivity contribution in [2.75, 3.05) is 0 Å². The van der Waals surface area contributed by atoms with Gasteiger partial charge in [0.2, 0.25) is 5.28 Å². The molecule has 0 radical (unpaired) electrons. The van der Waals surface area contributed by atoms with Gasteiger partial charge >= 0.3 is 0 Å².